The van der Waals surface area contributed by atoms with Gasteiger partial charge < -0.3 is 9.64 Å². The maximum absolute atomic E-state index is 12.6. The minimum atomic E-state index is -0.604. The second-order valence-corrected chi connectivity index (χ2v) is 7.03. The van der Waals surface area contributed by atoms with Crippen molar-refractivity contribution in [1.82, 2.24) is 9.80 Å². The lowest BCUT2D eigenvalue weighted by Crippen LogP contribution is -2.47. The minimum absolute atomic E-state index is 0.131. The first-order valence-corrected chi connectivity index (χ1v) is 8.43. The van der Waals surface area contributed by atoms with E-state index in [4.69, 9.17) is 4.74 Å². The molecule has 3 fully saturated rings. The molecular formula is C17H20N2O5. The number of esters is 1. The molecule has 2 aliphatic heterocycles. The van der Waals surface area contributed by atoms with E-state index in [1.54, 1.807) is 0 Å². The van der Waals surface area contributed by atoms with Gasteiger partial charge in [0.1, 0.15) is 12.6 Å². The molecule has 3 amide bonds. The topological polar surface area (TPSA) is 84.0 Å². The third kappa shape index (κ3) is 2.03. The number of fused-ring (bicyclic) bond motifs is 5. The van der Waals surface area contributed by atoms with Crippen LogP contribution in [0.4, 0.5) is 0 Å². The van der Waals surface area contributed by atoms with E-state index in [1.807, 2.05) is 12.2 Å². The van der Waals surface area contributed by atoms with Gasteiger partial charge in [0.15, 0.2) is 0 Å². The van der Waals surface area contributed by atoms with E-state index < -0.39 is 12.0 Å². The molecule has 2 aliphatic carbocycles. The van der Waals surface area contributed by atoms with E-state index in [9.17, 15) is 19.2 Å². The zero-order valence-corrected chi connectivity index (χ0v) is 13.5. The smallest absolute Gasteiger partial charge is 0.328 e. The second kappa shape index (κ2) is 5.43. The SMILES string of the molecule is COC(=O)[C@@H]1CCCN1C(=O)CN1C(=O)C2C(C1=O)[C@H]1C=C[C@@H]2C1. The highest BCUT2D eigenvalue weighted by Crippen LogP contribution is 2.52. The quantitative estimate of drug-likeness (QED) is 0.411. The van der Waals surface area contributed by atoms with Crippen LogP contribution in [0.3, 0.4) is 0 Å². The highest BCUT2D eigenvalue weighted by molar-refractivity contribution is 6.08. The molecule has 0 radical (unpaired) electrons. The largest absolute Gasteiger partial charge is 0.467 e. The molecular weight excluding hydrogens is 312 g/mol. The number of ether oxygens (including phenoxy) is 1. The lowest BCUT2D eigenvalue weighted by atomic mass is 9.85. The molecule has 2 saturated heterocycles. The molecule has 0 aromatic carbocycles. The van der Waals surface area contributed by atoms with Crippen molar-refractivity contribution < 1.29 is 23.9 Å². The van der Waals surface area contributed by atoms with Crippen LogP contribution in [-0.2, 0) is 23.9 Å². The average molecular weight is 332 g/mol. The zero-order chi connectivity index (χ0) is 17.0. The van der Waals surface area contributed by atoms with Crippen LogP contribution in [0, 0.1) is 23.7 Å². The molecule has 5 atom stereocenters. The van der Waals surface area contributed by atoms with Crippen molar-refractivity contribution in [3.05, 3.63) is 12.2 Å². The van der Waals surface area contributed by atoms with Crippen molar-refractivity contribution >= 4 is 23.7 Å². The number of carbonyl (C=O) groups excluding carboxylic acids is 4. The fourth-order valence-corrected chi connectivity index (χ4v) is 4.79. The summed E-state index contributed by atoms with van der Waals surface area (Å²) in [5.74, 6) is -1.60. The van der Waals surface area contributed by atoms with Gasteiger partial charge in [-0.25, -0.2) is 4.79 Å². The Balaban J connectivity index is 1.48. The summed E-state index contributed by atoms with van der Waals surface area (Å²) in [5.41, 5.74) is 0. The molecule has 1 saturated carbocycles. The van der Waals surface area contributed by atoms with Crippen molar-refractivity contribution in [3.8, 4) is 0 Å². The van der Waals surface area contributed by atoms with E-state index in [-0.39, 0.29) is 47.9 Å². The molecule has 0 aromatic rings. The molecule has 2 bridgehead atoms. The van der Waals surface area contributed by atoms with Crippen LogP contribution < -0.4 is 0 Å². The summed E-state index contributed by atoms with van der Waals surface area (Å²) in [4.78, 5) is 52.1. The van der Waals surface area contributed by atoms with Gasteiger partial charge in [-0.3, -0.25) is 19.3 Å². The molecule has 4 rings (SSSR count). The zero-order valence-electron chi connectivity index (χ0n) is 13.5. The third-order valence-electron chi connectivity index (χ3n) is 5.90. The monoisotopic (exact) mass is 332 g/mol. The highest BCUT2D eigenvalue weighted by Gasteiger charge is 2.59. The van der Waals surface area contributed by atoms with Gasteiger partial charge in [-0.2, -0.15) is 0 Å². The number of imide groups is 1. The fourth-order valence-electron chi connectivity index (χ4n) is 4.79. The summed E-state index contributed by atoms with van der Waals surface area (Å²) in [5, 5.41) is 0. The number of rotatable bonds is 3. The van der Waals surface area contributed by atoms with Crippen LogP contribution >= 0.6 is 0 Å². The number of likely N-dealkylation sites (tertiary alicyclic amines) is 2. The summed E-state index contributed by atoms with van der Waals surface area (Å²) in [6.45, 7) is 0.187. The van der Waals surface area contributed by atoms with Gasteiger partial charge >= 0.3 is 5.97 Å². The Bertz CT molecular complexity index is 627. The van der Waals surface area contributed by atoms with E-state index >= 15 is 0 Å². The van der Waals surface area contributed by atoms with Crippen LogP contribution in [0.5, 0.6) is 0 Å². The highest BCUT2D eigenvalue weighted by atomic mass is 16.5. The van der Waals surface area contributed by atoms with Gasteiger partial charge in [0.2, 0.25) is 17.7 Å². The van der Waals surface area contributed by atoms with Gasteiger partial charge in [-0.1, -0.05) is 12.2 Å². The van der Waals surface area contributed by atoms with E-state index in [0.717, 1.165) is 11.3 Å². The minimum Gasteiger partial charge on any atom is -0.467 e. The lowest BCUT2D eigenvalue weighted by molar-refractivity contribution is -0.153. The normalized spacial score (nSPS) is 36.6. The number of hydrogen-bond donors (Lipinski definition) is 0. The van der Waals surface area contributed by atoms with E-state index in [2.05, 4.69) is 0 Å². The number of methoxy groups -OCH3 is 1. The number of amides is 3. The Morgan fingerprint density at radius 3 is 2.38 bits per heavy atom. The van der Waals surface area contributed by atoms with Gasteiger partial charge in [0, 0.05) is 6.54 Å². The second-order valence-electron chi connectivity index (χ2n) is 7.03. The molecule has 7 heteroatoms. The first-order valence-electron chi connectivity index (χ1n) is 8.43. The summed E-state index contributed by atoms with van der Waals surface area (Å²) in [6.07, 6.45) is 6.18. The summed E-state index contributed by atoms with van der Waals surface area (Å²) < 4.78 is 4.74. The van der Waals surface area contributed by atoms with Crippen LogP contribution in [-0.4, -0.2) is 59.7 Å². The Hall–Kier alpha value is -2.18. The van der Waals surface area contributed by atoms with Crippen LogP contribution in [0.25, 0.3) is 0 Å². The molecule has 7 nitrogen and oxygen atoms in total. The van der Waals surface area contributed by atoms with Crippen molar-refractivity contribution in [2.75, 3.05) is 20.2 Å². The van der Waals surface area contributed by atoms with Crippen LogP contribution in [0.1, 0.15) is 19.3 Å². The van der Waals surface area contributed by atoms with Gasteiger partial charge in [-0.05, 0) is 31.1 Å². The third-order valence-corrected chi connectivity index (χ3v) is 5.90. The van der Waals surface area contributed by atoms with Crippen molar-refractivity contribution in [1.29, 1.82) is 0 Å². The van der Waals surface area contributed by atoms with Crippen molar-refractivity contribution in [2.45, 2.75) is 25.3 Å². The first-order chi connectivity index (χ1) is 11.5. The Morgan fingerprint density at radius 2 is 1.79 bits per heavy atom. The molecule has 0 N–H and O–H groups in total. The van der Waals surface area contributed by atoms with Crippen molar-refractivity contribution in [3.63, 3.8) is 0 Å². The predicted octanol–water partition coefficient (Wildman–Crippen LogP) is -0.0425. The van der Waals surface area contributed by atoms with Crippen molar-refractivity contribution in [2.24, 2.45) is 23.7 Å². The molecule has 0 aromatic heterocycles. The Morgan fingerprint density at radius 1 is 1.17 bits per heavy atom. The lowest BCUT2D eigenvalue weighted by Gasteiger charge is -2.25. The first kappa shape index (κ1) is 15.4. The standard InChI is InChI=1S/C17H20N2O5/c1-24-17(23)11-3-2-6-18(11)12(20)8-19-15(21)13-9-4-5-10(7-9)14(13)16(19)22/h4-5,9-11,13-14H,2-3,6-8H2,1H3/t9-,10+,11-,13?,14?/m0/s1. The van der Waals surface area contributed by atoms with E-state index in [0.29, 0.717) is 19.4 Å². The number of carbonyl (C=O) groups is 4. The molecule has 24 heavy (non-hydrogen) atoms. The molecule has 2 unspecified atom stereocenters. The maximum atomic E-state index is 12.6. The van der Waals surface area contributed by atoms with Gasteiger partial charge in [-0.15, -0.1) is 0 Å². The number of nitrogens with zero attached hydrogens (tertiary/aromatic N) is 2. The fraction of sp³-hybridized carbons (Fsp3) is 0.647. The summed E-state index contributed by atoms with van der Waals surface area (Å²) in [6, 6.07) is -0.604. The molecule has 4 aliphatic rings. The summed E-state index contributed by atoms with van der Waals surface area (Å²) >= 11 is 0. The van der Waals surface area contributed by atoms with Gasteiger partial charge in [0.25, 0.3) is 0 Å². The maximum Gasteiger partial charge on any atom is 0.328 e. The molecule has 128 valence electrons. The predicted molar refractivity (Wildman–Crippen MR) is 81.2 cm³/mol. The summed E-state index contributed by atoms with van der Waals surface area (Å²) in [7, 11) is 1.29. The average Bonchev–Trinajstić information content (AvgIpc) is 3.34. The van der Waals surface area contributed by atoms with Gasteiger partial charge in [0.05, 0.1) is 18.9 Å². The Labute approximate surface area is 139 Å². The molecule has 0 spiro atoms. The van der Waals surface area contributed by atoms with Crippen LogP contribution in [0.15, 0.2) is 12.2 Å². The number of hydrogen-bond acceptors (Lipinski definition) is 5. The number of allylic oxidation sites excluding steroid dienone is 2. The van der Waals surface area contributed by atoms with E-state index in [1.165, 1.54) is 12.0 Å². The Kier molecular flexibility index (Phi) is 3.47. The van der Waals surface area contributed by atoms with Crippen LogP contribution in [0.2, 0.25) is 0 Å². The molecule has 2 heterocycles.